The zero-order chi connectivity index (χ0) is 17.7. The van der Waals surface area contributed by atoms with E-state index in [9.17, 15) is 18.3 Å². The maximum absolute atomic E-state index is 13.0. The predicted molar refractivity (Wildman–Crippen MR) is 83.8 cm³/mol. The standard InChI is InChI=1S/C16H24F3N3O2/c1-11(23)9-20-10-12-7-14(16(17,18)19)21-15(8-12)24-13-3-5-22(2)6-4-13/h7-8,11,13,20,23H,3-6,9-10H2,1-2H3/t11-/m1/s1. The molecule has 1 fully saturated rings. The first-order chi connectivity index (χ1) is 11.2. The molecular weight excluding hydrogens is 323 g/mol. The summed E-state index contributed by atoms with van der Waals surface area (Å²) in [5.41, 5.74) is -0.525. The van der Waals surface area contributed by atoms with E-state index in [1.54, 1.807) is 6.92 Å². The van der Waals surface area contributed by atoms with Crippen LogP contribution in [0.25, 0.3) is 0 Å². The maximum atomic E-state index is 13.0. The normalized spacial score (nSPS) is 18.6. The molecule has 0 unspecified atom stereocenters. The first kappa shape index (κ1) is 19.0. The molecule has 0 aliphatic carbocycles. The number of hydrogen-bond acceptors (Lipinski definition) is 5. The van der Waals surface area contributed by atoms with E-state index in [1.165, 1.54) is 6.07 Å². The van der Waals surface area contributed by atoms with Crippen LogP contribution < -0.4 is 10.1 Å². The summed E-state index contributed by atoms with van der Waals surface area (Å²) in [6.07, 6.45) is -3.67. The zero-order valence-electron chi connectivity index (χ0n) is 13.9. The molecule has 1 atom stereocenters. The van der Waals surface area contributed by atoms with Crippen molar-refractivity contribution in [1.29, 1.82) is 0 Å². The smallest absolute Gasteiger partial charge is 0.433 e. The minimum absolute atomic E-state index is 0.00762. The van der Waals surface area contributed by atoms with Gasteiger partial charge in [0, 0.05) is 32.2 Å². The van der Waals surface area contributed by atoms with Crippen LogP contribution in [0.5, 0.6) is 5.88 Å². The Labute approximate surface area is 139 Å². The summed E-state index contributed by atoms with van der Waals surface area (Å²) >= 11 is 0. The molecule has 2 N–H and O–H groups in total. The van der Waals surface area contributed by atoms with E-state index in [0.717, 1.165) is 32.0 Å². The van der Waals surface area contributed by atoms with Crippen LogP contribution >= 0.6 is 0 Å². The summed E-state index contributed by atoms with van der Waals surface area (Å²) in [6, 6.07) is 2.54. The average Bonchev–Trinajstić information content (AvgIpc) is 2.48. The van der Waals surface area contributed by atoms with E-state index in [2.05, 4.69) is 15.2 Å². The Bertz CT molecular complexity index is 530. The number of aliphatic hydroxyl groups excluding tert-OH is 1. The molecule has 0 aromatic carbocycles. The Morgan fingerprint density at radius 2 is 2.04 bits per heavy atom. The van der Waals surface area contributed by atoms with E-state index < -0.39 is 18.0 Å². The molecule has 2 rings (SSSR count). The Morgan fingerprint density at radius 3 is 2.62 bits per heavy atom. The van der Waals surface area contributed by atoms with Gasteiger partial charge in [0.2, 0.25) is 5.88 Å². The number of hydrogen-bond donors (Lipinski definition) is 2. The molecule has 24 heavy (non-hydrogen) atoms. The van der Waals surface area contributed by atoms with Gasteiger partial charge >= 0.3 is 6.18 Å². The molecule has 1 aromatic heterocycles. The highest BCUT2D eigenvalue weighted by Crippen LogP contribution is 2.30. The number of alkyl halides is 3. The fourth-order valence-electron chi connectivity index (χ4n) is 2.57. The molecule has 0 radical (unpaired) electrons. The van der Waals surface area contributed by atoms with Crippen LogP contribution in [0, 0.1) is 0 Å². The minimum Gasteiger partial charge on any atom is -0.474 e. The lowest BCUT2D eigenvalue weighted by Crippen LogP contribution is -2.35. The SMILES string of the molecule is C[C@@H](O)CNCc1cc(OC2CCN(C)CC2)nc(C(F)(F)F)c1. The Morgan fingerprint density at radius 1 is 1.38 bits per heavy atom. The number of pyridine rings is 1. The molecule has 1 aromatic rings. The topological polar surface area (TPSA) is 57.6 Å². The maximum Gasteiger partial charge on any atom is 0.433 e. The number of aliphatic hydroxyl groups is 1. The lowest BCUT2D eigenvalue weighted by atomic mass is 10.1. The van der Waals surface area contributed by atoms with Crippen molar-refractivity contribution in [2.45, 2.75) is 44.7 Å². The molecule has 1 saturated heterocycles. The third-order valence-corrected chi connectivity index (χ3v) is 3.87. The minimum atomic E-state index is -4.52. The lowest BCUT2D eigenvalue weighted by molar-refractivity contribution is -0.141. The van der Waals surface area contributed by atoms with Gasteiger partial charge in [-0.1, -0.05) is 0 Å². The molecule has 1 aliphatic heterocycles. The summed E-state index contributed by atoms with van der Waals surface area (Å²) in [7, 11) is 2.00. The second kappa shape index (κ2) is 8.13. The number of nitrogens with one attached hydrogen (secondary N) is 1. The first-order valence-electron chi connectivity index (χ1n) is 8.06. The highest BCUT2D eigenvalue weighted by Gasteiger charge is 2.33. The van der Waals surface area contributed by atoms with Crippen molar-refractivity contribution in [2.75, 3.05) is 26.7 Å². The zero-order valence-corrected chi connectivity index (χ0v) is 13.9. The molecule has 2 heterocycles. The van der Waals surface area contributed by atoms with Crippen LogP contribution in [0.3, 0.4) is 0 Å². The average molecular weight is 347 g/mol. The first-order valence-corrected chi connectivity index (χ1v) is 8.06. The number of rotatable bonds is 6. The third-order valence-electron chi connectivity index (χ3n) is 3.87. The van der Waals surface area contributed by atoms with E-state index in [-0.39, 0.29) is 18.5 Å². The van der Waals surface area contributed by atoms with E-state index in [1.807, 2.05) is 7.05 Å². The highest BCUT2D eigenvalue weighted by atomic mass is 19.4. The molecule has 0 spiro atoms. The van der Waals surface area contributed by atoms with Crippen LogP contribution in [0.15, 0.2) is 12.1 Å². The van der Waals surface area contributed by atoms with Gasteiger partial charge in [0.25, 0.3) is 0 Å². The van der Waals surface area contributed by atoms with Crippen LogP contribution in [-0.2, 0) is 12.7 Å². The van der Waals surface area contributed by atoms with Crippen LogP contribution in [0.4, 0.5) is 13.2 Å². The molecule has 0 amide bonds. The van der Waals surface area contributed by atoms with Crippen molar-refractivity contribution in [3.8, 4) is 5.88 Å². The van der Waals surface area contributed by atoms with Crippen LogP contribution in [-0.4, -0.2) is 53.9 Å². The Kier molecular flexibility index (Phi) is 6.42. The molecule has 1 aliphatic rings. The molecular formula is C16H24F3N3O2. The predicted octanol–water partition coefficient (Wildman–Crippen LogP) is 2.04. The summed E-state index contributed by atoms with van der Waals surface area (Å²) in [4.78, 5) is 5.78. The van der Waals surface area contributed by atoms with Crippen molar-refractivity contribution in [3.63, 3.8) is 0 Å². The molecule has 0 bridgehead atoms. The molecule has 136 valence electrons. The number of piperidine rings is 1. The lowest BCUT2D eigenvalue weighted by Gasteiger charge is -2.29. The van der Waals surface area contributed by atoms with Crippen LogP contribution in [0.2, 0.25) is 0 Å². The van der Waals surface area contributed by atoms with Crippen LogP contribution in [0.1, 0.15) is 31.0 Å². The van der Waals surface area contributed by atoms with Gasteiger partial charge in [-0.25, -0.2) is 4.98 Å². The van der Waals surface area contributed by atoms with Gasteiger partial charge in [-0.2, -0.15) is 13.2 Å². The van der Waals surface area contributed by atoms with Gasteiger partial charge in [0.05, 0.1) is 6.10 Å². The largest absolute Gasteiger partial charge is 0.474 e. The number of nitrogens with zero attached hydrogens (tertiary/aromatic N) is 2. The number of halogens is 3. The van der Waals surface area contributed by atoms with Gasteiger partial charge < -0.3 is 20.1 Å². The number of likely N-dealkylation sites (tertiary alicyclic amines) is 1. The van der Waals surface area contributed by atoms with E-state index >= 15 is 0 Å². The van der Waals surface area contributed by atoms with E-state index in [4.69, 9.17) is 4.74 Å². The summed E-state index contributed by atoms with van der Waals surface area (Å²) in [5, 5.41) is 12.1. The van der Waals surface area contributed by atoms with Crippen molar-refractivity contribution < 1.29 is 23.0 Å². The number of aromatic nitrogens is 1. The highest BCUT2D eigenvalue weighted by molar-refractivity contribution is 5.27. The third kappa shape index (κ3) is 5.92. The quantitative estimate of drug-likeness (QED) is 0.825. The Hall–Kier alpha value is -1.38. The summed E-state index contributed by atoms with van der Waals surface area (Å²) in [5.74, 6) is 0.00762. The van der Waals surface area contributed by atoms with Gasteiger partial charge in [-0.3, -0.25) is 0 Å². The monoisotopic (exact) mass is 347 g/mol. The molecule has 0 saturated carbocycles. The van der Waals surface area contributed by atoms with Gasteiger partial charge in [-0.15, -0.1) is 0 Å². The second-order valence-corrected chi connectivity index (χ2v) is 6.30. The van der Waals surface area contributed by atoms with Crippen molar-refractivity contribution in [1.82, 2.24) is 15.2 Å². The van der Waals surface area contributed by atoms with Crippen molar-refractivity contribution in [2.24, 2.45) is 0 Å². The van der Waals surface area contributed by atoms with Gasteiger partial charge in [-0.05, 0) is 38.4 Å². The summed E-state index contributed by atoms with van der Waals surface area (Å²) in [6.45, 7) is 3.82. The second-order valence-electron chi connectivity index (χ2n) is 6.30. The fourth-order valence-corrected chi connectivity index (χ4v) is 2.57. The molecule has 5 nitrogen and oxygen atoms in total. The summed E-state index contributed by atoms with van der Waals surface area (Å²) < 4.78 is 44.8. The van der Waals surface area contributed by atoms with Crippen molar-refractivity contribution >= 4 is 0 Å². The van der Waals surface area contributed by atoms with Gasteiger partial charge in [0.15, 0.2) is 0 Å². The Balaban J connectivity index is 2.10. The molecule has 8 heteroatoms. The van der Waals surface area contributed by atoms with E-state index in [0.29, 0.717) is 12.1 Å². The number of ether oxygens (including phenoxy) is 1. The van der Waals surface area contributed by atoms with Gasteiger partial charge in [0.1, 0.15) is 11.8 Å². The van der Waals surface area contributed by atoms with Crippen molar-refractivity contribution in [3.05, 3.63) is 23.4 Å². The fraction of sp³-hybridized carbons (Fsp3) is 0.688.